The molecular formula is C14H14ClFN2O. The van der Waals surface area contributed by atoms with Crippen LogP contribution in [0.5, 0.6) is 5.75 Å². The van der Waals surface area contributed by atoms with Gasteiger partial charge in [0.15, 0.2) is 0 Å². The van der Waals surface area contributed by atoms with Crippen molar-refractivity contribution in [2.45, 2.75) is 12.8 Å². The maximum absolute atomic E-state index is 13.1. The number of aryl methyl sites for hydroxylation is 1. The van der Waals surface area contributed by atoms with Crippen LogP contribution in [0.15, 0.2) is 36.7 Å². The lowest BCUT2D eigenvalue weighted by molar-refractivity contribution is 0.312. The summed E-state index contributed by atoms with van der Waals surface area (Å²) >= 11 is 5.68. The van der Waals surface area contributed by atoms with Crippen molar-refractivity contribution in [2.75, 3.05) is 12.3 Å². The molecule has 0 atom stereocenters. The van der Waals surface area contributed by atoms with Gasteiger partial charge in [-0.05, 0) is 30.5 Å². The quantitative estimate of drug-likeness (QED) is 0.674. The number of anilines is 1. The van der Waals surface area contributed by atoms with Gasteiger partial charge in [0.05, 0.1) is 17.3 Å². The van der Waals surface area contributed by atoms with Crippen molar-refractivity contribution < 1.29 is 9.13 Å². The normalized spacial score (nSPS) is 10.4. The fraction of sp³-hybridized carbons (Fsp3) is 0.214. The van der Waals surface area contributed by atoms with E-state index in [1.807, 2.05) is 12.1 Å². The van der Waals surface area contributed by atoms with Gasteiger partial charge in [0.2, 0.25) is 0 Å². The number of ether oxygens (including phenoxy) is 1. The van der Waals surface area contributed by atoms with Crippen LogP contribution in [0.2, 0.25) is 5.02 Å². The molecule has 1 aromatic heterocycles. The van der Waals surface area contributed by atoms with Crippen LogP contribution in [0, 0.1) is 5.82 Å². The molecule has 2 aromatic rings. The molecule has 0 aliphatic rings. The number of benzene rings is 1. The minimum atomic E-state index is -0.539. The molecule has 0 spiro atoms. The zero-order valence-corrected chi connectivity index (χ0v) is 11.0. The summed E-state index contributed by atoms with van der Waals surface area (Å²) in [6, 6.07) is 6.49. The Morgan fingerprint density at radius 2 is 2.00 bits per heavy atom. The van der Waals surface area contributed by atoms with E-state index in [4.69, 9.17) is 22.1 Å². The number of pyridine rings is 1. The van der Waals surface area contributed by atoms with Gasteiger partial charge in [-0.2, -0.15) is 0 Å². The molecule has 0 bridgehead atoms. The van der Waals surface area contributed by atoms with E-state index in [1.165, 1.54) is 17.7 Å². The van der Waals surface area contributed by atoms with Crippen LogP contribution < -0.4 is 10.5 Å². The summed E-state index contributed by atoms with van der Waals surface area (Å²) in [6.07, 6.45) is 5.23. The van der Waals surface area contributed by atoms with E-state index < -0.39 is 5.82 Å². The van der Waals surface area contributed by atoms with Crippen LogP contribution in [0.3, 0.4) is 0 Å². The topological polar surface area (TPSA) is 48.1 Å². The molecule has 19 heavy (non-hydrogen) atoms. The summed E-state index contributed by atoms with van der Waals surface area (Å²) in [5.41, 5.74) is 7.10. The molecule has 0 unspecified atom stereocenters. The summed E-state index contributed by atoms with van der Waals surface area (Å²) in [4.78, 5) is 3.95. The molecular weight excluding hydrogens is 267 g/mol. The van der Waals surface area contributed by atoms with E-state index in [0.717, 1.165) is 12.8 Å². The zero-order valence-electron chi connectivity index (χ0n) is 10.3. The highest BCUT2D eigenvalue weighted by Crippen LogP contribution is 2.28. The number of halogens is 2. The lowest BCUT2D eigenvalue weighted by atomic mass is 10.1. The average Bonchev–Trinajstić information content (AvgIpc) is 2.41. The highest BCUT2D eigenvalue weighted by atomic mass is 35.5. The minimum Gasteiger partial charge on any atom is -0.491 e. The third-order valence-corrected chi connectivity index (χ3v) is 2.96. The van der Waals surface area contributed by atoms with Crippen LogP contribution in [0.25, 0.3) is 0 Å². The van der Waals surface area contributed by atoms with Crippen molar-refractivity contribution >= 4 is 17.3 Å². The SMILES string of the molecule is Nc1cc(F)c(Cl)cc1OCCCc1ccncc1. The largest absolute Gasteiger partial charge is 0.491 e. The Bertz CT molecular complexity index is 549. The van der Waals surface area contributed by atoms with Gasteiger partial charge in [0.1, 0.15) is 11.6 Å². The summed E-state index contributed by atoms with van der Waals surface area (Å²) < 4.78 is 18.6. The number of hydrogen-bond acceptors (Lipinski definition) is 3. The van der Waals surface area contributed by atoms with Crippen molar-refractivity contribution in [1.29, 1.82) is 0 Å². The van der Waals surface area contributed by atoms with Crippen molar-refractivity contribution in [1.82, 2.24) is 4.98 Å². The Balaban J connectivity index is 1.85. The molecule has 3 nitrogen and oxygen atoms in total. The number of nitrogens with zero attached hydrogens (tertiary/aromatic N) is 1. The second-order valence-electron chi connectivity index (χ2n) is 4.11. The fourth-order valence-corrected chi connectivity index (χ4v) is 1.83. The number of nitrogen functional groups attached to an aromatic ring is 1. The van der Waals surface area contributed by atoms with Gasteiger partial charge in [-0.3, -0.25) is 4.98 Å². The van der Waals surface area contributed by atoms with Gasteiger partial charge < -0.3 is 10.5 Å². The molecule has 2 rings (SSSR count). The van der Waals surface area contributed by atoms with E-state index in [-0.39, 0.29) is 10.7 Å². The summed E-state index contributed by atoms with van der Waals surface area (Å²) in [7, 11) is 0. The molecule has 0 saturated carbocycles. The average molecular weight is 281 g/mol. The van der Waals surface area contributed by atoms with Gasteiger partial charge in [0.25, 0.3) is 0 Å². The molecule has 0 fully saturated rings. The molecule has 0 aliphatic carbocycles. The van der Waals surface area contributed by atoms with Gasteiger partial charge >= 0.3 is 0 Å². The summed E-state index contributed by atoms with van der Waals surface area (Å²) in [6.45, 7) is 0.495. The molecule has 2 N–H and O–H groups in total. The Labute approximate surface area is 116 Å². The molecule has 0 aliphatic heterocycles. The highest BCUT2D eigenvalue weighted by molar-refractivity contribution is 6.31. The number of rotatable bonds is 5. The first-order valence-electron chi connectivity index (χ1n) is 5.93. The van der Waals surface area contributed by atoms with Crippen molar-refractivity contribution in [3.63, 3.8) is 0 Å². The zero-order chi connectivity index (χ0) is 13.7. The first kappa shape index (κ1) is 13.6. The van der Waals surface area contributed by atoms with Crippen LogP contribution in [-0.2, 0) is 6.42 Å². The second-order valence-corrected chi connectivity index (χ2v) is 4.52. The standard InChI is InChI=1S/C14H14ClFN2O/c15-11-8-14(13(17)9-12(11)16)19-7-1-2-10-3-5-18-6-4-10/h3-6,8-9H,1-2,7,17H2. The predicted octanol–water partition coefficient (Wildman–Crippen LogP) is 3.47. The molecule has 0 radical (unpaired) electrons. The first-order valence-corrected chi connectivity index (χ1v) is 6.31. The van der Waals surface area contributed by atoms with Crippen LogP contribution in [0.4, 0.5) is 10.1 Å². The van der Waals surface area contributed by atoms with E-state index in [9.17, 15) is 4.39 Å². The lowest BCUT2D eigenvalue weighted by Gasteiger charge is -2.09. The van der Waals surface area contributed by atoms with Crippen molar-refractivity contribution in [2.24, 2.45) is 0 Å². The number of hydrogen-bond donors (Lipinski definition) is 1. The third kappa shape index (κ3) is 3.83. The van der Waals surface area contributed by atoms with Crippen molar-refractivity contribution in [3.05, 3.63) is 53.1 Å². The molecule has 100 valence electrons. The molecule has 1 heterocycles. The Morgan fingerprint density at radius 3 is 2.74 bits per heavy atom. The van der Waals surface area contributed by atoms with Gasteiger partial charge in [-0.25, -0.2) is 4.39 Å². The maximum Gasteiger partial charge on any atom is 0.144 e. The van der Waals surface area contributed by atoms with Gasteiger partial charge in [0, 0.05) is 24.5 Å². The first-order chi connectivity index (χ1) is 9.16. The molecule has 1 aromatic carbocycles. The van der Waals surface area contributed by atoms with E-state index in [1.54, 1.807) is 12.4 Å². The fourth-order valence-electron chi connectivity index (χ4n) is 1.68. The Hall–Kier alpha value is -1.81. The van der Waals surface area contributed by atoms with Crippen LogP contribution in [0.1, 0.15) is 12.0 Å². The Morgan fingerprint density at radius 1 is 1.26 bits per heavy atom. The van der Waals surface area contributed by atoms with E-state index in [2.05, 4.69) is 4.98 Å². The Kier molecular flexibility index (Phi) is 4.58. The second kappa shape index (κ2) is 6.38. The summed E-state index contributed by atoms with van der Waals surface area (Å²) in [5, 5.41) is 0.0123. The smallest absolute Gasteiger partial charge is 0.144 e. The predicted molar refractivity (Wildman–Crippen MR) is 73.9 cm³/mol. The number of nitrogens with two attached hydrogens (primary N) is 1. The van der Waals surface area contributed by atoms with Crippen molar-refractivity contribution in [3.8, 4) is 5.75 Å². The van der Waals surface area contributed by atoms with E-state index in [0.29, 0.717) is 12.4 Å². The molecule has 0 saturated heterocycles. The van der Waals surface area contributed by atoms with Gasteiger partial charge in [-0.1, -0.05) is 11.6 Å². The third-order valence-electron chi connectivity index (χ3n) is 2.67. The summed E-state index contributed by atoms with van der Waals surface area (Å²) in [5.74, 6) is -0.121. The molecule has 5 heteroatoms. The highest BCUT2D eigenvalue weighted by Gasteiger charge is 2.07. The minimum absolute atomic E-state index is 0.0123. The van der Waals surface area contributed by atoms with Crippen LogP contribution in [-0.4, -0.2) is 11.6 Å². The maximum atomic E-state index is 13.1. The molecule has 0 amide bonds. The van der Waals surface area contributed by atoms with E-state index >= 15 is 0 Å². The monoisotopic (exact) mass is 280 g/mol. The van der Waals surface area contributed by atoms with Crippen LogP contribution >= 0.6 is 11.6 Å². The van der Waals surface area contributed by atoms with Gasteiger partial charge in [-0.15, -0.1) is 0 Å². The lowest BCUT2D eigenvalue weighted by Crippen LogP contribution is -2.02. The number of aromatic nitrogens is 1.